The third-order valence-electron chi connectivity index (χ3n) is 9.15. The topological polar surface area (TPSA) is 111 Å². The van der Waals surface area contributed by atoms with Crippen molar-refractivity contribution >= 4 is 17.7 Å². The summed E-state index contributed by atoms with van der Waals surface area (Å²) in [5.74, 6) is -6.03. The number of methoxy groups -OCH3 is 1. The van der Waals surface area contributed by atoms with Gasteiger partial charge in [-0.2, -0.15) is 0 Å². The molecule has 2 amide bonds. The van der Waals surface area contributed by atoms with Crippen molar-refractivity contribution < 1.29 is 41.5 Å². The van der Waals surface area contributed by atoms with Gasteiger partial charge in [0, 0.05) is 43.0 Å². The monoisotopic (exact) mass is 642 g/mol. The van der Waals surface area contributed by atoms with Crippen LogP contribution in [0.1, 0.15) is 58.7 Å². The van der Waals surface area contributed by atoms with E-state index in [4.69, 9.17) is 14.3 Å². The van der Waals surface area contributed by atoms with Crippen LogP contribution in [0.2, 0.25) is 0 Å². The standard InChI is InChI=1S/C32H30F4N4O6/c1-17-9-10-32(27(36)29(44-3)38-46-32)31(2)16-39(17)30(43)24-26(45-15-18-7-5-4-6-8-18)25(41)21(14-40(24)31)28(42)37-13-20-22(34)11-19(33)12-23(20)35/h4-8,11-12,14,17,27H,9-10,13,15-16H2,1-3H3,(H,37,42)/t17-,27+,31+,32-/m0/s1. The van der Waals surface area contributed by atoms with Gasteiger partial charge in [-0.25, -0.2) is 17.6 Å². The number of oxime groups is 1. The number of nitrogens with zero attached hydrogens (tertiary/aromatic N) is 3. The maximum absolute atomic E-state index is 16.3. The Morgan fingerprint density at radius 1 is 1.15 bits per heavy atom. The summed E-state index contributed by atoms with van der Waals surface area (Å²) in [6, 6.07) is 9.29. The van der Waals surface area contributed by atoms with E-state index in [-0.39, 0.29) is 31.2 Å². The first kappa shape index (κ1) is 31.1. The number of hydrogen-bond acceptors (Lipinski definition) is 7. The van der Waals surface area contributed by atoms with Crippen LogP contribution in [0.3, 0.4) is 0 Å². The van der Waals surface area contributed by atoms with Gasteiger partial charge in [-0.1, -0.05) is 30.3 Å². The molecular formula is C32H30F4N4O6. The largest absolute Gasteiger partial charge is 0.483 e. The normalized spacial score (nSPS) is 25.0. The van der Waals surface area contributed by atoms with Gasteiger partial charge in [-0.3, -0.25) is 14.4 Å². The van der Waals surface area contributed by atoms with Crippen LogP contribution < -0.4 is 15.5 Å². The molecule has 3 aliphatic rings. The van der Waals surface area contributed by atoms with Crippen LogP contribution in [-0.2, 0) is 28.3 Å². The second-order valence-corrected chi connectivity index (χ2v) is 11.8. The molecule has 6 rings (SSSR count). The van der Waals surface area contributed by atoms with Crippen molar-refractivity contribution in [3.63, 3.8) is 0 Å². The Kier molecular flexibility index (Phi) is 7.77. The summed E-state index contributed by atoms with van der Waals surface area (Å²) < 4.78 is 70.9. The predicted octanol–water partition coefficient (Wildman–Crippen LogP) is 4.19. The number of rotatable bonds is 6. The number of pyridine rings is 1. The fourth-order valence-corrected chi connectivity index (χ4v) is 6.47. The Morgan fingerprint density at radius 2 is 1.85 bits per heavy atom. The molecule has 1 fully saturated rings. The lowest BCUT2D eigenvalue weighted by Crippen LogP contribution is -2.66. The number of carbonyl (C=O) groups is 2. The van der Waals surface area contributed by atoms with Crippen molar-refractivity contribution in [2.24, 2.45) is 5.16 Å². The van der Waals surface area contributed by atoms with Crippen molar-refractivity contribution in [3.05, 3.63) is 98.7 Å². The van der Waals surface area contributed by atoms with Gasteiger partial charge in [0.25, 0.3) is 17.7 Å². The number of amides is 2. The molecule has 1 N–H and O–H groups in total. The Labute approximate surface area is 260 Å². The van der Waals surface area contributed by atoms with Gasteiger partial charge in [-0.15, -0.1) is 0 Å². The van der Waals surface area contributed by atoms with Crippen LogP contribution in [0.25, 0.3) is 0 Å². The Morgan fingerprint density at radius 3 is 2.50 bits per heavy atom. The van der Waals surface area contributed by atoms with E-state index in [9.17, 15) is 27.6 Å². The zero-order valence-electron chi connectivity index (χ0n) is 25.1. The average molecular weight is 643 g/mol. The maximum Gasteiger partial charge on any atom is 0.274 e. The molecule has 0 aliphatic carbocycles. The molecule has 3 aromatic rings. The molecular weight excluding hydrogens is 612 g/mol. The van der Waals surface area contributed by atoms with E-state index < -0.39 is 81.5 Å². The number of alkyl halides is 1. The number of aromatic nitrogens is 1. The predicted molar refractivity (Wildman–Crippen MR) is 155 cm³/mol. The molecule has 3 aliphatic heterocycles. The number of ether oxygens (including phenoxy) is 2. The molecule has 46 heavy (non-hydrogen) atoms. The fourth-order valence-electron chi connectivity index (χ4n) is 6.47. The van der Waals surface area contributed by atoms with Crippen LogP contribution in [-0.4, -0.2) is 58.6 Å². The molecule has 0 unspecified atom stereocenters. The van der Waals surface area contributed by atoms with Gasteiger partial charge >= 0.3 is 0 Å². The van der Waals surface area contributed by atoms with Gasteiger partial charge < -0.3 is 29.1 Å². The molecule has 14 heteroatoms. The third-order valence-corrected chi connectivity index (χ3v) is 9.15. The highest BCUT2D eigenvalue weighted by Crippen LogP contribution is 2.51. The molecule has 4 heterocycles. The molecule has 0 saturated carbocycles. The number of halogens is 4. The minimum absolute atomic E-state index is 0.0824. The van der Waals surface area contributed by atoms with E-state index in [0.717, 1.165) is 6.20 Å². The smallest absolute Gasteiger partial charge is 0.274 e. The minimum atomic E-state index is -1.88. The van der Waals surface area contributed by atoms with E-state index in [2.05, 4.69) is 10.5 Å². The van der Waals surface area contributed by atoms with E-state index in [1.165, 1.54) is 16.6 Å². The third kappa shape index (κ3) is 4.77. The number of carbonyl (C=O) groups excluding carboxylic acids is 2. The fraction of sp³-hybridized carbons (Fsp3) is 0.375. The van der Waals surface area contributed by atoms with Gasteiger partial charge in [-0.05, 0) is 37.4 Å². The Bertz CT molecular complexity index is 1790. The summed E-state index contributed by atoms with van der Waals surface area (Å²) in [4.78, 5) is 49.0. The Balaban J connectivity index is 1.51. The molecule has 1 aromatic heterocycles. The Hall–Kier alpha value is -4.88. The second kappa shape index (κ2) is 11.5. The molecule has 4 atom stereocenters. The first-order chi connectivity index (χ1) is 21.9. The zero-order valence-corrected chi connectivity index (χ0v) is 25.1. The summed E-state index contributed by atoms with van der Waals surface area (Å²) >= 11 is 0. The van der Waals surface area contributed by atoms with E-state index in [1.807, 2.05) is 0 Å². The van der Waals surface area contributed by atoms with Crippen molar-refractivity contribution in [1.82, 2.24) is 14.8 Å². The average Bonchev–Trinajstić information content (AvgIpc) is 3.31. The number of nitrogens with one attached hydrogen (secondary N) is 1. The van der Waals surface area contributed by atoms with Crippen molar-refractivity contribution in [2.45, 2.75) is 63.2 Å². The highest BCUT2D eigenvalue weighted by Gasteiger charge is 2.67. The van der Waals surface area contributed by atoms with E-state index >= 15 is 4.39 Å². The second-order valence-electron chi connectivity index (χ2n) is 11.8. The van der Waals surface area contributed by atoms with Gasteiger partial charge in [0.15, 0.2) is 11.4 Å². The highest BCUT2D eigenvalue weighted by atomic mass is 19.1. The van der Waals surface area contributed by atoms with Crippen LogP contribution in [0.4, 0.5) is 17.6 Å². The molecule has 2 bridgehead atoms. The van der Waals surface area contributed by atoms with Crippen LogP contribution in [0.5, 0.6) is 5.75 Å². The summed E-state index contributed by atoms with van der Waals surface area (Å²) in [6.07, 6.45) is -0.378. The molecule has 1 saturated heterocycles. The number of fused-ring (bicyclic) bond motifs is 5. The van der Waals surface area contributed by atoms with Gasteiger partial charge in [0.05, 0.1) is 7.11 Å². The summed E-state index contributed by atoms with van der Waals surface area (Å²) in [7, 11) is 1.25. The quantitative estimate of drug-likeness (QED) is 0.404. The molecule has 2 aromatic carbocycles. The lowest BCUT2D eigenvalue weighted by Gasteiger charge is -2.50. The SMILES string of the molecule is COC1=NO[C@@]2(CC[C@H](C)N3C[C@@]2(C)n2cc(C(=O)NCc4c(F)cc(F)cc4F)c(=O)c(OCc4ccccc4)c2C3=O)[C@@H]1F. The molecule has 1 spiro atoms. The van der Waals surface area contributed by atoms with Crippen molar-refractivity contribution in [1.29, 1.82) is 0 Å². The van der Waals surface area contributed by atoms with Gasteiger partial charge in [0.2, 0.25) is 17.2 Å². The zero-order chi connectivity index (χ0) is 33.0. The van der Waals surface area contributed by atoms with Crippen molar-refractivity contribution in [2.75, 3.05) is 13.7 Å². The molecule has 242 valence electrons. The number of hydrogen-bond donors (Lipinski definition) is 1. The first-order valence-corrected chi connectivity index (χ1v) is 14.6. The number of benzene rings is 2. The lowest BCUT2D eigenvalue weighted by molar-refractivity contribution is -0.137. The minimum Gasteiger partial charge on any atom is -0.483 e. The summed E-state index contributed by atoms with van der Waals surface area (Å²) in [6.45, 7) is 2.45. The van der Waals surface area contributed by atoms with Crippen LogP contribution in [0.15, 0.2) is 58.6 Å². The molecule has 0 radical (unpaired) electrons. The van der Waals surface area contributed by atoms with Gasteiger partial charge in [0.1, 0.15) is 35.2 Å². The first-order valence-electron chi connectivity index (χ1n) is 14.6. The van der Waals surface area contributed by atoms with Crippen LogP contribution in [0, 0.1) is 17.5 Å². The van der Waals surface area contributed by atoms with Crippen molar-refractivity contribution in [3.8, 4) is 5.75 Å². The summed E-state index contributed by atoms with van der Waals surface area (Å²) in [5, 5.41) is 6.15. The molecule has 10 nitrogen and oxygen atoms in total. The summed E-state index contributed by atoms with van der Waals surface area (Å²) in [5.41, 5.74) is -4.94. The van der Waals surface area contributed by atoms with Crippen LogP contribution >= 0.6 is 0 Å². The lowest BCUT2D eigenvalue weighted by atomic mass is 9.73. The highest BCUT2D eigenvalue weighted by molar-refractivity contribution is 6.00. The maximum atomic E-state index is 16.3. The van der Waals surface area contributed by atoms with E-state index in [1.54, 1.807) is 44.2 Å². The van der Waals surface area contributed by atoms with E-state index in [0.29, 0.717) is 24.1 Å².